The minimum Gasteiger partial charge on any atom is -0.487 e. The molecule has 5 rings (SSSR count). The summed E-state index contributed by atoms with van der Waals surface area (Å²) in [6.07, 6.45) is 5.55. The molecule has 1 saturated heterocycles. The monoisotopic (exact) mass is 445 g/mol. The van der Waals surface area contributed by atoms with E-state index in [4.69, 9.17) is 9.57 Å². The van der Waals surface area contributed by atoms with Gasteiger partial charge in [0, 0.05) is 43.1 Å². The van der Waals surface area contributed by atoms with Gasteiger partial charge in [-0.3, -0.25) is 9.82 Å². The lowest BCUT2D eigenvalue weighted by Crippen LogP contribution is -2.53. The standard InChI is InChI=1S/C27H31N3O3/c1-18(2)33-29-26(31)30-14-12-27(13-15-30)11-10-21-16-20(8-9-25(21)32-27)23-17-28-24-7-5-4-6-22(24)19(23)3/h4-9,16-18H,10-15H2,1-3H3,(H,29,31). The van der Waals surface area contributed by atoms with Crippen LogP contribution < -0.4 is 10.2 Å². The van der Waals surface area contributed by atoms with E-state index in [-0.39, 0.29) is 17.7 Å². The number of ether oxygens (including phenoxy) is 1. The summed E-state index contributed by atoms with van der Waals surface area (Å²) < 4.78 is 6.57. The van der Waals surface area contributed by atoms with E-state index in [1.165, 1.54) is 27.6 Å². The molecule has 0 saturated carbocycles. The first kappa shape index (κ1) is 21.7. The number of hydroxylamine groups is 1. The number of carbonyl (C=O) groups is 1. The maximum absolute atomic E-state index is 12.3. The number of fused-ring (bicyclic) bond motifs is 2. The van der Waals surface area contributed by atoms with Gasteiger partial charge in [0.1, 0.15) is 11.4 Å². The summed E-state index contributed by atoms with van der Waals surface area (Å²) in [6, 6.07) is 14.6. The Morgan fingerprint density at radius 3 is 2.73 bits per heavy atom. The number of carbonyl (C=O) groups excluding carboxylic acids is 1. The van der Waals surface area contributed by atoms with Crippen LogP contribution in [-0.4, -0.2) is 40.7 Å². The average molecular weight is 446 g/mol. The van der Waals surface area contributed by atoms with Crippen LogP contribution in [0.1, 0.15) is 44.2 Å². The molecule has 33 heavy (non-hydrogen) atoms. The van der Waals surface area contributed by atoms with Crippen LogP contribution in [0.5, 0.6) is 5.75 Å². The number of hydrogen-bond acceptors (Lipinski definition) is 4. The van der Waals surface area contributed by atoms with Gasteiger partial charge in [0.15, 0.2) is 0 Å². The molecule has 172 valence electrons. The number of aromatic nitrogens is 1. The molecule has 3 heterocycles. The van der Waals surface area contributed by atoms with Crippen molar-refractivity contribution in [3.63, 3.8) is 0 Å². The second-order valence-electron chi connectivity index (χ2n) is 9.48. The molecular weight excluding hydrogens is 414 g/mol. The Bertz CT molecular complexity index is 1180. The van der Waals surface area contributed by atoms with Gasteiger partial charge in [-0.05, 0) is 68.5 Å². The number of pyridine rings is 1. The van der Waals surface area contributed by atoms with Gasteiger partial charge in [0.25, 0.3) is 0 Å². The highest BCUT2D eigenvalue weighted by Gasteiger charge is 2.40. The second kappa shape index (κ2) is 8.67. The van der Waals surface area contributed by atoms with E-state index in [1.807, 2.05) is 31.0 Å². The summed E-state index contributed by atoms with van der Waals surface area (Å²) in [5.74, 6) is 0.970. The topological polar surface area (TPSA) is 63.7 Å². The van der Waals surface area contributed by atoms with Crippen molar-refractivity contribution in [2.45, 2.75) is 58.2 Å². The van der Waals surface area contributed by atoms with Crippen LogP contribution in [0, 0.1) is 6.92 Å². The number of urea groups is 1. The van der Waals surface area contributed by atoms with Crippen LogP contribution in [0.2, 0.25) is 0 Å². The number of likely N-dealkylation sites (tertiary alicyclic amines) is 1. The molecule has 0 bridgehead atoms. The van der Waals surface area contributed by atoms with E-state index in [0.29, 0.717) is 13.1 Å². The Labute approximate surface area is 194 Å². The Hall–Kier alpha value is -3.12. The van der Waals surface area contributed by atoms with Crippen LogP contribution in [0.3, 0.4) is 0 Å². The first-order chi connectivity index (χ1) is 15.9. The summed E-state index contributed by atoms with van der Waals surface area (Å²) in [5.41, 5.74) is 8.22. The number of benzene rings is 2. The number of amides is 2. The lowest BCUT2D eigenvalue weighted by molar-refractivity contribution is -0.0224. The quantitative estimate of drug-likeness (QED) is 0.547. The maximum atomic E-state index is 12.3. The average Bonchev–Trinajstić information content (AvgIpc) is 2.83. The fourth-order valence-electron chi connectivity index (χ4n) is 4.96. The van der Waals surface area contributed by atoms with Crippen LogP contribution >= 0.6 is 0 Å². The molecule has 0 atom stereocenters. The smallest absolute Gasteiger partial charge is 0.341 e. The summed E-state index contributed by atoms with van der Waals surface area (Å²) in [4.78, 5) is 24.0. The Morgan fingerprint density at radius 2 is 1.94 bits per heavy atom. The SMILES string of the molecule is Cc1c(-c2ccc3c(c2)CCC2(CCN(C(=O)NOC(C)C)CC2)O3)cnc2ccccc12. The van der Waals surface area contributed by atoms with Gasteiger partial charge in [0.2, 0.25) is 0 Å². The first-order valence-corrected chi connectivity index (χ1v) is 11.8. The predicted octanol–water partition coefficient (Wildman–Crippen LogP) is 5.42. The van der Waals surface area contributed by atoms with Crippen LogP contribution in [-0.2, 0) is 11.3 Å². The number of piperidine rings is 1. The summed E-state index contributed by atoms with van der Waals surface area (Å²) in [5, 5.41) is 1.19. The molecular formula is C27H31N3O3. The van der Waals surface area contributed by atoms with Gasteiger partial charge in [-0.1, -0.05) is 24.3 Å². The predicted molar refractivity (Wildman–Crippen MR) is 129 cm³/mol. The van der Waals surface area contributed by atoms with Gasteiger partial charge in [0.05, 0.1) is 11.6 Å². The van der Waals surface area contributed by atoms with E-state index in [1.54, 1.807) is 0 Å². The zero-order valence-electron chi connectivity index (χ0n) is 19.6. The van der Waals surface area contributed by atoms with Gasteiger partial charge in [-0.25, -0.2) is 10.3 Å². The molecule has 1 N–H and O–H groups in total. The first-order valence-electron chi connectivity index (χ1n) is 11.8. The number of nitrogens with one attached hydrogen (secondary N) is 1. The molecule has 2 aliphatic rings. The Balaban J connectivity index is 1.30. The van der Waals surface area contributed by atoms with Crippen molar-refractivity contribution in [1.29, 1.82) is 0 Å². The Kier molecular flexibility index (Phi) is 5.71. The largest absolute Gasteiger partial charge is 0.487 e. The van der Waals surface area contributed by atoms with Gasteiger partial charge < -0.3 is 9.64 Å². The Morgan fingerprint density at radius 1 is 1.15 bits per heavy atom. The summed E-state index contributed by atoms with van der Waals surface area (Å²) in [7, 11) is 0. The number of para-hydroxylation sites is 1. The van der Waals surface area contributed by atoms with Crippen molar-refractivity contribution in [3.8, 4) is 16.9 Å². The van der Waals surface area contributed by atoms with Crippen molar-refractivity contribution >= 4 is 16.9 Å². The van der Waals surface area contributed by atoms with E-state index in [2.05, 4.69) is 53.8 Å². The highest BCUT2D eigenvalue weighted by Crippen LogP contribution is 2.41. The third-order valence-corrected chi connectivity index (χ3v) is 6.94. The number of aryl methyl sites for hydroxylation is 2. The fraction of sp³-hybridized carbons (Fsp3) is 0.407. The van der Waals surface area contributed by atoms with Crippen LogP contribution in [0.25, 0.3) is 22.0 Å². The molecule has 2 amide bonds. The third-order valence-electron chi connectivity index (χ3n) is 6.94. The van der Waals surface area contributed by atoms with E-state index in [0.717, 1.165) is 36.9 Å². The molecule has 3 aromatic rings. The molecule has 6 nitrogen and oxygen atoms in total. The van der Waals surface area contributed by atoms with Crippen molar-refractivity contribution in [2.75, 3.05) is 13.1 Å². The van der Waals surface area contributed by atoms with Gasteiger partial charge in [-0.2, -0.15) is 0 Å². The molecule has 0 aliphatic carbocycles. The van der Waals surface area contributed by atoms with Crippen molar-refractivity contribution in [1.82, 2.24) is 15.4 Å². The highest BCUT2D eigenvalue weighted by atomic mass is 16.7. The molecule has 2 aliphatic heterocycles. The number of hydrogen-bond donors (Lipinski definition) is 1. The van der Waals surface area contributed by atoms with Crippen LogP contribution in [0.4, 0.5) is 4.79 Å². The third kappa shape index (κ3) is 4.27. The van der Waals surface area contributed by atoms with E-state index < -0.39 is 0 Å². The lowest BCUT2D eigenvalue weighted by atomic mass is 9.82. The highest BCUT2D eigenvalue weighted by molar-refractivity contribution is 5.88. The molecule has 2 aromatic carbocycles. The number of rotatable bonds is 3. The molecule has 1 aromatic heterocycles. The summed E-state index contributed by atoms with van der Waals surface area (Å²) in [6.45, 7) is 7.29. The second-order valence-corrected chi connectivity index (χ2v) is 9.48. The van der Waals surface area contributed by atoms with Crippen molar-refractivity contribution < 1.29 is 14.4 Å². The van der Waals surface area contributed by atoms with Gasteiger partial charge in [-0.15, -0.1) is 0 Å². The lowest BCUT2D eigenvalue weighted by Gasteiger charge is -2.44. The molecule has 1 spiro atoms. The van der Waals surface area contributed by atoms with E-state index in [9.17, 15) is 4.79 Å². The molecule has 0 unspecified atom stereocenters. The normalized spacial score (nSPS) is 17.2. The molecule has 0 radical (unpaired) electrons. The zero-order chi connectivity index (χ0) is 23.0. The minimum absolute atomic E-state index is 0.0395. The van der Waals surface area contributed by atoms with E-state index >= 15 is 0 Å². The fourth-order valence-corrected chi connectivity index (χ4v) is 4.96. The maximum Gasteiger partial charge on any atom is 0.341 e. The summed E-state index contributed by atoms with van der Waals surface area (Å²) >= 11 is 0. The van der Waals surface area contributed by atoms with Crippen LogP contribution in [0.15, 0.2) is 48.7 Å². The van der Waals surface area contributed by atoms with Crippen molar-refractivity contribution in [3.05, 3.63) is 59.8 Å². The minimum atomic E-state index is -0.190. The zero-order valence-corrected chi connectivity index (χ0v) is 19.6. The molecule has 6 heteroatoms. The number of nitrogens with zero attached hydrogens (tertiary/aromatic N) is 2. The van der Waals surface area contributed by atoms with Gasteiger partial charge >= 0.3 is 6.03 Å². The molecule has 1 fully saturated rings. The van der Waals surface area contributed by atoms with Crippen molar-refractivity contribution in [2.24, 2.45) is 0 Å².